The van der Waals surface area contributed by atoms with Gasteiger partial charge in [-0.05, 0) is 34.7 Å². The van der Waals surface area contributed by atoms with Crippen LogP contribution in [0.2, 0.25) is 0 Å². The summed E-state index contributed by atoms with van der Waals surface area (Å²) in [7, 11) is 0. The molecule has 11 heavy (non-hydrogen) atoms. The number of aromatic nitrogens is 1. The van der Waals surface area contributed by atoms with E-state index in [4.69, 9.17) is 4.52 Å². The Morgan fingerprint density at radius 2 is 2.27 bits per heavy atom. The SMILES string of the molecule is Ic1ccc(-c2ccno2)s1. The van der Waals surface area contributed by atoms with Crippen LogP contribution in [0, 0.1) is 2.88 Å². The van der Waals surface area contributed by atoms with Gasteiger partial charge in [-0.1, -0.05) is 5.16 Å². The molecule has 0 bridgehead atoms. The van der Waals surface area contributed by atoms with Crippen LogP contribution < -0.4 is 0 Å². The van der Waals surface area contributed by atoms with Gasteiger partial charge in [-0.25, -0.2) is 0 Å². The minimum Gasteiger partial charge on any atom is -0.355 e. The molecule has 56 valence electrons. The largest absolute Gasteiger partial charge is 0.355 e. The van der Waals surface area contributed by atoms with Crippen molar-refractivity contribution in [1.29, 1.82) is 0 Å². The monoisotopic (exact) mass is 277 g/mol. The summed E-state index contributed by atoms with van der Waals surface area (Å²) in [5, 5.41) is 3.64. The first-order valence-electron chi connectivity index (χ1n) is 3.02. The summed E-state index contributed by atoms with van der Waals surface area (Å²) in [5.41, 5.74) is 0. The zero-order valence-electron chi connectivity index (χ0n) is 5.45. The zero-order valence-corrected chi connectivity index (χ0v) is 8.43. The molecule has 0 unspecified atom stereocenters. The van der Waals surface area contributed by atoms with Crippen molar-refractivity contribution in [2.24, 2.45) is 0 Å². The van der Waals surface area contributed by atoms with Gasteiger partial charge in [0.2, 0.25) is 0 Å². The molecule has 2 aromatic rings. The van der Waals surface area contributed by atoms with E-state index < -0.39 is 0 Å². The molecule has 0 spiro atoms. The Bertz CT molecular complexity index is 341. The maximum Gasteiger partial charge on any atom is 0.176 e. The predicted molar refractivity (Wildman–Crippen MR) is 52.5 cm³/mol. The molecule has 0 N–H and O–H groups in total. The average molecular weight is 277 g/mol. The van der Waals surface area contributed by atoms with Crippen molar-refractivity contribution in [3.05, 3.63) is 27.3 Å². The van der Waals surface area contributed by atoms with Crippen LogP contribution >= 0.6 is 33.9 Å². The van der Waals surface area contributed by atoms with E-state index in [9.17, 15) is 0 Å². The van der Waals surface area contributed by atoms with Gasteiger partial charge in [-0.3, -0.25) is 0 Å². The molecule has 0 aliphatic carbocycles. The Hall–Kier alpha value is -0.360. The van der Waals surface area contributed by atoms with Gasteiger partial charge in [0.25, 0.3) is 0 Å². The summed E-state index contributed by atoms with van der Waals surface area (Å²) in [5.74, 6) is 0.845. The molecule has 4 heteroatoms. The molecule has 2 nitrogen and oxygen atoms in total. The van der Waals surface area contributed by atoms with E-state index in [1.165, 1.54) is 2.88 Å². The lowest BCUT2D eigenvalue weighted by atomic mass is 10.4. The summed E-state index contributed by atoms with van der Waals surface area (Å²) >= 11 is 3.98. The van der Waals surface area contributed by atoms with Crippen molar-refractivity contribution in [2.45, 2.75) is 0 Å². The van der Waals surface area contributed by atoms with Gasteiger partial charge < -0.3 is 4.52 Å². The molecule has 0 aliphatic heterocycles. The molecule has 0 saturated heterocycles. The molecule has 0 fully saturated rings. The Morgan fingerprint density at radius 3 is 2.82 bits per heavy atom. The first kappa shape index (κ1) is 7.30. The molecule has 0 aliphatic rings. The molecular formula is C7H4INOS. The van der Waals surface area contributed by atoms with E-state index in [0.29, 0.717) is 0 Å². The Kier molecular flexibility index (Phi) is 1.95. The van der Waals surface area contributed by atoms with Gasteiger partial charge in [0.05, 0.1) is 14.0 Å². The van der Waals surface area contributed by atoms with Crippen LogP contribution in [0.3, 0.4) is 0 Å². The second-order valence-corrected chi connectivity index (χ2v) is 4.96. The topological polar surface area (TPSA) is 26.0 Å². The van der Waals surface area contributed by atoms with Crippen LogP contribution in [-0.4, -0.2) is 5.16 Å². The molecule has 0 radical (unpaired) electrons. The van der Waals surface area contributed by atoms with Crippen molar-refractivity contribution in [3.8, 4) is 10.6 Å². The molecule has 2 heterocycles. The van der Waals surface area contributed by atoms with Crippen molar-refractivity contribution in [2.75, 3.05) is 0 Å². The third-order valence-electron chi connectivity index (χ3n) is 1.25. The normalized spacial score (nSPS) is 10.3. The summed E-state index contributed by atoms with van der Waals surface area (Å²) in [6.45, 7) is 0. The fourth-order valence-corrected chi connectivity index (χ4v) is 2.37. The van der Waals surface area contributed by atoms with Gasteiger partial charge in [0, 0.05) is 6.07 Å². The minimum atomic E-state index is 0.845. The molecule has 0 aromatic carbocycles. The van der Waals surface area contributed by atoms with Crippen molar-refractivity contribution in [1.82, 2.24) is 5.16 Å². The first-order chi connectivity index (χ1) is 5.36. The lowest BCUT2D eigenvalue weighted by molar-refractivity contribution is 0.433. The van der Waals surface area contributed by atoms with Gasteiger partial charge in [-0.15, -0.1) is 11.3 Å². The maximum absolute atomic E-state index is 4.99. The van der Waals surface area contributed by atoms with Crippen molar-refractivity contribution in [3.63, 3.8) is 0 Å². The number of rotatable bonds is 1. The second-order valence-electron chi connectivity index (χ2n) is 1.98. The van der Waals surface area contributed by atoms with Crippen LogP contribution in [0.15, 0.2) is 28.9 Å². The van der Waals surface area contributed by atoms with Gasteiger partial charge in [-0.2, -0.15) is 0 Å². The van der Waals surface area contributed by atoms with Crippen LogP contribution in [0.4, 0.5) is 0 Å². The lowest BCUT2D eigenvalue weighted by Gasteiger charge is -1.83. The summed E-state index contributed by atoms with van der Waals surface area (Å²) in [4.78, 5) is 1.13. The van der Waals surface area contributed by atoms with E-state index in [1.54, 1.807) is 17.5 Å². The van der Waals surface area contributed by atoms with Crippen molar-refractivity contribution >= 4 is 33.9 Å². The van der Waals surface area contributed by atoms with E-state index in [1.807, 2.05) is 12.1 Å². The van der Waals surface area contributed by atoms with E-state index in [2.05, 4.69) is 33.8 Å². The summed E-state index contributed by atoms with van der Waals surface area (Å²) in [6.07, 6.45) is 1.65. The highest BCUT2D eigenvalue weighted by Gasteiger charge is 2.03. The van der Waals surface area contributed by atoms with Crippen LogP contribution in [0.5, 0.6) is 0 Å². The molecule has 0 saturated carbocycles. The highest BCUT2D eigenvalue weighted by atomic mass is 127. The van der Waals surface area contributed by atoms with E-state index >= 15 is 0 Å². The summed E-state index contributed by atoms with van der Waals surface area (Å²) < 4.78 is 6.25. The van der Waals surface area contributed by atoms with Gasteiger partial charge in [0.1, 0.15) is 0 Å². The highest BCUT2D eigenvalue weighted by molar-refractivity contribution is 14.1. The number of hydrogen-bond donors (Lipinski definition) is 0. The second kappa shape index (κ2) is 2.94. The highest BCUT2D eigenvalue weighted by Crippen LogP contribution is 2.28. The quantitative estimate of drug-likeness (QED) is 0.749. The minimum absolute atomic E-state index is 0.845. The van der Waals surface area contributed by atoms with E-state index in [0.717, 1.165) is 10.6 Å². The van der Waals surface area contributed by atoms with E-state index in [-0.39, 0.29) is 0 Å². The number of hydrogen-bond acceptors (Lipinski definition) is 3. The smallest absolute Gasteiger partial charge is 0.176 e. The van der Waals surface area contributed by atoms with Crippen LogP contribution in [-0.2, 0) is 0 Å². The molecule has 0 amide bonds. The Morgan fingerprint density at radius 1 is 1.36 bits per heavy atom. The molecular weight excluding hydrogens is 273 g/mol. The predicted octanol–water partition coefficient (Wildman–Crippen LogP) is 3.01. The Labute approximate surface area is 81.4 Å². The number of nitrogens with zero attached hydrogens (tertiary/aromatic N) is 1. The lowest BCUT2D eigenvalue weighted by Crippen LogP contribution is -1.59. The number of thiophene rings is 1. The summed E-state index contributed by atoms with van der Waals surface area (Å²) in [6, 6.07) is 5.96. The van der Waals surface area contributed by atoms with Crippen molar-refractivity contribution < 1.29 is 4.52 Å². The van der Waals surface area contributed by atoms with Gasteiger partial charge in [0.15, 0.2) is 5.76 Å². The fourth-order valence-electron chi connectivity index (χ4n) is 0.790. The molecule has 2 aromatic heterocycles. The molecule has 0 atom stereocenters. The third kappa shape index (κ3) is 1.46. The first-order valence-corrected chi connectivity index (χ1v) is 4.92. The fraction of sp³-hybridized carbons (Fsp3) is 0. The van der Waals surface area contributed by atoms with Crippen LogP contribution in [0.25, 0.3) is 10.6 Å². The van der Waals surface area contributed by atoms with Crippen LogP contribution in [0.1, 0.15) is 0 Å². The standard InChI is InChI=1S/C7H4INOS/c8-7-2-1-6(11-7)5-3-4-9-10-5/h1-4H. The number of halogens is 1. The Balaban J connectivity index is 2.45. The molecule has 2 rings (SSSR count). The zero-order chi connectivity index (χ0) is 7.68. The third-order valence-corrected chi connectivity index (χ3v) is 3.16. The maximum atomic E-state index is 4.99. The van der Waals surface area contributed by atoms with Gasteiger partial charge >= 0.3 is 0 Å². The average Bonchev–Trinajstić information content (AvgIpc) is 2.55.